The molecule has 1 aromatic carbocycles. The summed E-state index contributed by atoms with van der Waals surface area (Å²) in [4.78, 5) is 27.3. The molecule has 37 heavy (non-hydrogen) atoms. The van der Waals surface area contributed by atoms with Gasteiger partial charge in [-0.15, -0.1) is 0 Å². The van der Waals surface area contributed by atoms with Gasteiger partial charge in [0.1, 0.15) is 18.3 Å². The van der Waals surface area contributed by atoms with Gasteiger partial charge in [-0.25, -0.2) is 0 Å². The summed E-state index contributed by atoms with van der Waals surface area (Å²) in [5, 5.41) is 17.1. The van der Waals surface area contributed by atoms with E-state index in [-0.39, 0.29) is 17.8 Å². The van der Waals surface area contributed by atoms with Gasteiger partial charge in [0, 0.05) is 50.0 Å². The first-order chi connectivity index (χ1) is 17.8. The average Bonchev–Trinajstić information content (AvgIpc) is 3.47. The molecule has 3 unspecified atom stereocenters. The van der Waals surface area contributed by atoms with Crippen LogP contribution in [0.25, 0.3) is 0 Å². The third kappa shape index (κ3) is 5.54. The molecule has 0 amide bonds. The van der Waals surface area contributed by atoms with Crippen LogP contribution in [0.15, 0.2) is 35.3 Å². The molecule has 2 aromatic rings. The van der Waals surface area contributed by atoms with E-state index in [0.29, 0.717) is 18.0 Å². The molecule has 3 aliphatic rings. The highest BCUT2D eigenvalue weighted by atomic mass is 16.5. The fourth-order valence-corrected chi connectivity index (χ4v) is 5.36. The summed E-state index contributed by atoms with van der Waals surface area (Å²) < 4.78 is 12.8. The number of nitrogens with one attached hydrogen (secondary N) is 2. The van der Waals surface area contributed by atoms with E-state index in [1.807, 2.05) is 19.2 Å². The zero-order chi connectivity index (χ0) is 26.1. The molecular weight excluding hydrogens is 472 g/mol. The number of benzene rings is 1. The number of hydrogen-bond donors (Lipinski definition) is 3. The molecule has 1 saturated heterocycles. The number of aliphatic hydroxyl groups is 1. The smallest absolute Gasteiger partial charge is 0.326 e. The summed E-state index contributed by atoms with van der Waals surface area (Å²) in [6.07, 6.45) is 4.83. The van der Waals surface area contributed by atoms with Crippen molar-refractivity contribution in [3.63, 3.8) is 0 Å². The Balaban J connectivity index is 1.35. The molecule has 200 valence electrons. The number of nitrogens with zero attached hydrogens (tertiary/aromatic N) is 2. The predicted molar refractivity (Wildman–Crippen MR) is 142 cm³/mol. The number of hydrogen-bond acceptors (Lipinski definition) is 8. The van der Waals surface area contributed by atoms with Crippen molar-refractivity contribution in [1.29, 1.82) is 0 Å². The number of carbonyl (C=O) groups is 1. The highest BCUT2D eigenvalue weighted by Crippen LogP contribution is 2.42. The molecule has 3 heterocycles. The lowest BCUT2D eigenvalue weighted by molar-refractivity contribution is -0.158. The molecule has 1 aromatic heterocycles. The van der Waals surface area contributed by atoms with Crippen molar-refractivity contribution in [3.05, 3.63) is 57.5 Å². The Kier molecular flexibility index (Phi) is 7.55. The molecule has 4 atom stereocenters. The predicted octanol–water partition coefficient (Wildman–Crippen LogP) is 2.60. The van der Waals surface area contributed by atoms with Crippen molar-refractivity contribution in [2.45, 2.75) is 70.5 Å². The third-order valence-electron chi connectivity index (χ3n) is 7.75. The lowest BCUT2D eigenvalue weighted by Crippen LogP contribution is -2.47. The van der Waals surface area contributed by atoms with E-state index in [1.54, 1.807) is 18.5 Å². The number of pyridine rings is 1. The summed E-state index contributed by atoms with van der Waals surface area (Å²) in [7, 11) is 1.79. The van der Waals surface area contributed by atoms with Gasteiger partial charge < -0.3 is 29.4 Å². The van der Waals surface area contributed by atoms with Gasteiger partial charge in [-0.3, -0.25) is 14.9 Å². The topological polar surface area (TPSA) is 105 Å². The van der Waals surface area contributed by atoms with Crippen LogP contribution in [0.2, 0.25) is 0 Å². The molecule has 5 rings (SSSR count). The summed E-state index contributed by atoms with van der Waals surface area (Å²) in [6.45, 7) is 6.27. The summed E-state index contributed by atoms with van der Waals surface area (Å²) >= 11 is 0. The highest BCUT2D eigenvalue weighted by Gasteiger charge is 2.34. The van der Waals surface area contributed by atoms with Gasteiger partial charge in [0.25, 0.3) is 5.56 Å². The van der Waals surface area contributed by atoms with Crippen LogP contribution < -0.4 is 21.1 Å². The molecule has 1 saturated carbocycles. The van der Waals surface area contributed by atoms with E-state index in [9.17, 15) is 14.7 Å². The normalized spacial score (nSPS) is 22.8. The zero-order valence-electron chi connectivity index (χ0n) is 21.9. The van der Waals surface area contributed by atoms with Gasteiger partial charge in [0.15, 0.2) is 0 Å². The van der Waals surface area contributed by atoms with Crippen molar-refractivity contribution in [1.82, 2.24) is 9.88 Å². The van der Waals surface area contributed by atoms with Crippen LogP contribution >= 0.6 is 0 Å². The maximum Gasteiger partial charge on any atom is 0.326 e. The molecule has 0 spiro atoms. The van der Waals surface area contributed by atoms with Crippen LogP contribution in [0.5, 0.6) is 0 Å². The number of esters is 1. The van der Waals surface area contributed by atoms with Crippen molar-refractivity contribution < 1.29 is 19.4 Å². The number of carbonyl (C=O) groups excluding carboxylic acids is 1. The summed E-state index contributed by atoms with van der Waals surface area (Å²) in [5.41, 5.74) is 4.85. The van der Waals surface area contributed by atoms with E-state index in [4.69, 9.17) is 9.47 Å². The lowest BCUT2D eigenvalue weighted by atomic mass is 9.96. The first-order valence-corrected chi connectivity index (χ1v) is 13.3. The minimum Gasteiger partial charge on any atom is -0.461 e. The number of fused-ring (bicyclic) bond motifs is 1. The molecule has 2 aliphatic heterocycles. The third-order valence-corrected chi connectivity index (χ3v) is 7.75. The van der Waals surface area contributed by atoms with Crippen LogP contribution in [0.3, 0.4) is 0 Å². The largest absolute Gasteiger partial charge is 0.461 e. The summed E-state index contributed by atoms with van der Waals surface area (Å²) in [6, 6.07) is 7.44. The zero-order valence-corrected chi connectivity index (χ0v) is 21.9. The monoisotopic (exact) mass is 510 g/mol. The number of anilines is 2. The maximum atomic E-state index is 12.6. The van der Waals surface area contributed by atoms with Crippen molar-refractivity contribution in [2.75, 3.05) is 30.0 Å². The number of ether oxygens (including phenoxy) is 2. The van der Waals surface area contributed by atoms with E-state index in [1.165, 1.54) is 0 Å². The van der Waals surface area contributed by atoms with Crippen LogP contribution in [0, 0.1) is 12.8 Å². The standard InChI is InChI=1S/C28H38N4O5/c1-17-11-21(15-31(3)27(17)34)26-30-23-12-19(7-8-24(23)32(26)14-20-9-10-36-16-20)13-29-25(18(2)33)28(35)37-22-5-4-6-22/h7-8,11-12,15,18,20,22,25-26,29-30,33H,4-6,9-10,13-14,16H2,1-3H3/t18-,20?,25?,26?/m1/s1. The minimum atomic E-state index is -0.860. The number of rotatable bonds is 9. The lowest BCUT2D eigenvalue weighted by Gasteiger charge is -2.29. The number of aliphatic hydroxyl groups excluding tert-OH is 1. The van der Waals surface area contributed by atoms with Gasteiger partial charge in [-0.05, 0) is 63.3 Å². The second-order valence-corrected chi connectivity index (χ2v) is 10.7. The van der Waals surface area contributed by atoms with Gasteiger partial charge in [0.2, 0.25) is 0 Å². The first-order valence-electron chi connectivity index (χ1n) is 13.3. The quantitative estimate of drug-likeness (QED) is 0.442. The molecule has 9 heteroatoms. The van der Waals surface area contributed by atoms with Crippen LogP contribution in [-0.4, -0.2) is 53.7 Å². The average molecular weight is 511 g/mol. The van der Waals surface area contributed by atoms with Gasteiger partial charge >= 0.3 is 5.97 Å². The fraction of sp³-hybridized carbons (Fsp3) is 0.571. The van der Waals surface area contributed by atoms with E-state index < -0.39 is 18.1 Å². The molecular formula is C28H38N4O5. The SMILES string of the molecule is Cc1cc(C2Nc3cc(CNC(C(=O)OC4CCC4)[C@@H](C)O)ccc3N2CC2CCOC2)cn(C)c1=O. The Labute approximate surface area is 217 Å². The van der Waals surface area contributed by atoms with Crippen LogP contribution in [0.4, 0.5) is 11.4 Å². The molecule has 3 N–H and O–H groups in total. The Hall–Kier alpha value is -2.88. The Morgan fingerprint density at radius 1 is 1.30 bits per heavy atom. The Morgan fingerprint density at radius 2 is 2.11 bits per heavy atom. The van der Waals surface area contributed by atoms with Crippen LogP contribution in [0.1, 0.15) is 55.5 Å². The molecule has 0 radical (unpaired) electrons. The minimum absolute atomic E-state index is 0.00636. The molecule has 1 aliphatic carbocycles. The highest BCUT2D eigenvalue weighted by molar-refractivity contribution is 5.78. The molecule has 0 bridgehead atoms. The van der Waals surface area contributed by atoms with Crippen molar-refractivity contribution in [3.8, 4) is 0 Å². The Bertz CT molecular complexity index is 1160. The fourth-order valence-electron chi connectivity index (χ4n) is 5.36. The second-order valence-electron chi connectivity index (χ2n) is 10.7. The van der Waals surface area contributed by atoms with E-state index in [2.05, 4.69) is 33.7 Å². The summed E-state index contributed by atoms with van der Waals surface area (Å²) in [5.74, 6) is 0.0489. The van der Waals surface area contributed by atoms with Gasteiger partial charge in [-0.1, -0.05) is 6.07 Å². The number of aryl methyl sites for hydroxylation is 2. The van der Waals surface area contributed by atoms with Crippen molar-refractivity contribution in [2.24, 2.45) is 13.0 Å². The second kappa shape index (κ2) is 10.8. The molecule has 2 fully saturated rings. The van der Waals surface area contributed by atoms with E-state index >= 15 is 0 Å². The maximum absolute atomic E-state index is 12.6. The van der Waals surface area contributed by atoms with E-state index in [0.717, 1.165) is 67.9 Å². The van der Waals surface area contributed by atoms with Crippen molar-refractivity contribution >= 4 is 17.3 Å². The van der Waals surface area contributed by atoms with Gasteiger partial charge in [-0.2, -0.15) is 0 Å². The number of aromatic nitrogens is 1. The first kappa shape index (κ1) is 25.8. The van der Waals surface area contributed by atoms with Gasteiger partial charge in [0.05, 0.1) is 24.1 Å². The molecule has 9 nitrogen and oxygen atoms in total. The van der Waals surface area contributed by atoms with Crippen LogP contribution in [-0.2, 0) is 27.9 Å². The Morgan fingerprint density at radius 3 is 2.76 bits per heavy atom.